The summed E-state index contributed by atoms with van der Waals surface area (Å²) in [7, 11) is 3.92. The van der Waals surface area contributed by atoms with Gasteiger partial charge in [0, 0.05) is 19.8 Å². The number of halogens is 1. The van der Waals surface area contributed by atoms with Crippen molar-refractivity contribution in [3.05, 3.63) is 18.2 Å². The second-order valence-electron chi connectivity index (χ2n) is 6.34. The number of carbonyl (C=O) groups is 1. The van der Waals surface area contributed by atoms with E-state index in [9.17, 15) is 4.79 Å². The molecule has 1 aromatic heterocycles. The maximum absolute atomic E-state index is 11.5. The van der Waals surface area contributed by atoms with Crippen LogP contribution in [0.2, 0.25) is 0 Å². The van der Waals surface area contributed by atoms with E-state index < -0.39 is 11.7 Å². The first-order chi connectivity index (χ1) is 10.8. The zero-order chi connectivity index (χ0) is 17.0. The van der Waals surface area contributed by atoms with E-state index in [1.54, 1.807) is 0 Å². The van der Waals surface area contributed by atoms with E-state index in [0.29, 0.717) is 18.0 Å². The number of nitrogens with zero attached hydrogens (tertiary/aromatic N) is 2. The fraction of sp³-hybridized carbons (Fsp3) is 0.500. The molecular formula is C16H24ClN3O4. The van der Waals surface area contributed by atoms with Gasteiger partial charge in [-0.1, -0.05) is 0 Å². The molecule has 0 saturated carbocycles. The minimum atomic E-state index is -0.518. The normalized spacial score (nSPS) is 10.9. The average molecular weight is 358 g/mol. The maximum atomic E-state index is 11.5. The van der Waals surface area contributed by atoms with Crippen molar-refractivity contribution in [2.45, 2.75) is 26.4 Å². The largest absolute Gasteiger partial charge is 0.473 e. The molecule has 0 atom stereocenters. The SMILES string of the molecule is CN(C)c1ccc2onc(OCCNC(=O)OC(C)(C)C)c2c1.Cl. The van der Waals surface area contributed by atoms with Crippen molar-refractivity contribution in [1.29, 1.82) is 0 Å². The van der Waals surface area contributed by atoms with Crippen LogP contribution in [0, 0.1) is 0 Å². The number of carbonyl (C=O) groups excluding carboxylic acids is 1. The van der Waals surface area contributed by atoms with Gasteiger partial charge in [0.15, 0.2) is 5.58 Å². The van der Waals surface area contributed by atoms with E-state index in [1.807, 2.05) is 58.0 Å². The predicted molar refractivity (Wildman–Crippen MR) is 95.3 cm³/mol. The summed E-state index contributed by atoms with van der Waals surface area (Å²) >= 11 is 0. The Morgan fingerprint density at radius 1 is 1.33 bits per heavy atom. The average Bonchev–Trinajstić information content (AvgIpc) is 2.84. The fourth-order valence-electron chi connectivity index (χ4n) is 1.90. The Labute approximate surface area is 147 Å². The number of aromatic nitrogens is 1. The first-order valence-corrected chi connectivity index (χ1v) is 7.43. The molecule has 1 amide bonds. The first-order valence-electron chi connectivity index (χ1n) is 7.43. The van der Waals surface area contributed by atoms with E-state index >= 15 is 0 Å². The Bertz CT molecular complexity index is 680. The van der Waals surface area contributed by atoms with Crippen molar-refractivity contribution in [3.63, 3.8) is 0 Å². The van der Waals surface area contributed by atoms with Crippen molar-refractivity contribution in [3.8, 4) is 5.88 Å². The third-order valence-electron chi connectivity index (χ3n) is 2.95. The van der Waals surface area contributed by atoms with Gasteiger partial charge in [0.25, 0.3) is 5.88 Å². The molecule has 2 aromatic rings. The summed E-state index contributed by atoms with van der Waals surface area (Å²) in [4.78, 5) is 13.5. The Morgan fingerprint density at radius 3 is 2.67 bits per heavy atom. The van der Waals surface area contributed by atoms with Gasteiger partial charge in [0.1, 0.15) is 12.2 Å². The highest BCUT2D eigenvalue weighted by Crippen LogP contribution is 2.28. The van der Waals surface area contributed by atoms with Gasteiger partial charge < -0.3 is 24.2 Å². The van der Waals surface area contributed by atoms with Crippen molar-refractivity contribution >= 4 is 35.2 Å². The number of rotatable bonds is 5. The molecule has 2 rings (SSSR count). The molecule has 0 bridgehead atoms. The van der Waals surface area contributed by atoms with Crippen molar-refractivity contribution in [2.75, 3.05) is 32.1 Å². The molecule has 0 radical (unpaired) electrons. The van der Waals surface area contributed by atoms with Crippen LogP contribution >= 0.6 is 12.4 Å². The van der Waals surface area contributed by atoms with Crippen LogP contribution in [0.4, 0.5) is 10.5 Å². The highest BCUT2D eigenvalue weighted by molar-refractivity contribution is 5.86. The van der Waals surface area contributed by atoms with Crippen LogP contribution in [-0.2, 0) is 4.74 Å². The third-order valence-corrected chi connectivity index (χ3v) is 2.95. The molecule has 8 heteroatoms. The Morgan fingerprint density at radius 2 is 2.04 bits per heavy atom. The summed E-state index contributed by atoms with van der Waals surface area (Å²) < 4.78 is 15.9. The van der Waals surface area contributed by atoms with Gasteiger partial charge in [0.05, 0.1) is 11.9 Å². The predicted octanol–water partition coefficient (Wildman–Crippen LogP) is 3.22. The number of nitrogens with one attached hydrogen (secondary N) is 1. The number of amides is 1. The summed E-state index contributed by atoms with van der Waals surface area (Å²) in [6.07, 6.45) is -0.471. The van der Waals surface area contributed by atoms with E-state index in [1.165, 1.54) is 0 Å². The van der Waals surface area contributed by atoms with Crippen LogP contribution in [0.3, 0.4) is 0 Å². The molecular weight excluding hydrogens is 334 g/mol. The van der Waals surface area contributed by atoms with Gasteiger partial charge in [0.2, 0.25) is 0 Å². The van der Waals surface area contributed by atoms with E-state index in [2.05, 4.69) is 10.5 Å². The quantitative estimate of drug-likeness (QED) is 0.828. The standard InChI is InChI=1S/C16H23N3O4.ClH/c1-16(2,3)22-15(20)17-8-9-21-14-12-10-11(19(4)5)6-7-13(12)23-18-14;/h6-7,10H,8-9H2,1-5H3,(H,17,20);1H. The number of benzene rings is 1. The minimum absolute atomic E-state index is 0. The Hall–Kier alpha value is -2.15. The fourth-order valence-corrected chi connectivity index (χ4v) is 1.90. The van der Waals surface area contributed by atoms with Crippen molar-refractivity contribution in [2.24, 2.45) is 0 Å². The summed E-state index contributed by atoms with van der Waals surface area (Å²) in [5, 5.41) is 7.34. The van der Waals surface area contributed by atoms with E-state index in [-0.39, 0.29) is 19.0 Å². The Balaban J connectivity index is 0.00000288. The lowest BCUT2D eigenvalue weighted by Crippen LogP contribution is -2.34. The van der Waals surface area contributed by atoms with Crippen molar-refractivity contribution in [1.82, 2.24) is 10.5 Å². The lowest BCUT2D eigenvalue weighted by atomic mass is 10.2. The van der Waals surface area contributed by atoms with Crippen LogP contribution < -0.4 is 15.0 Å². The van der Waals surface area contributed by atoms with Gasteiger partial charge in [-0.25, -0.2) is 4.79 Å². The topological polar surface area (TPSA) is 76.8 Å². The molecule has 24 heavy (non-hydrogen) atoms. The smallest absolute Gasteiger partial charge is 0.407 e. The zero-order valence-corrected chi connectivity index (χ0v) is 15.4. The van der Waals surface area contributed by atoms with Gasteiger partial charge in [-0.05, 0) is 44.1 Å². The zero-order valence-electron chi connectivity index (χ0n) is 14.6. The van der Waals surface area contributed by atoms with Crippen LogP contribution in [0.1, 0.15) is 20.8 Å². The van der Waals surface area contributed by atoms with Crippen LogP contribution in [0.15, 0.2) is 22.7 Å². The lowest BCUT2D eigenvalue weighted by Gasteiger charge is -2.19. The molecule has 0 aliphatic rings. The second-order valence-corrected chi connectivity index (χ2v) is 6.34. The highest BCUT2D eigenvalue weighted by Gasteiger charge is 2.16. The Kier molecular flexibility index (Phi) is 6.71. The summed E-state index contributed by atoms with van der Waals surface area (Å²) in [6.45, 7) is 6.02. The molecule has 1 aromatic carbocycles. The van der Waals surface area contributed by atoms with Gasteiger partial charge in [-0.3, -0.25) is 0 Å². The second kappa shape index (κ2) is 8.10. The molecule has 0 aliphatic heterocycles. The minimum Gasteiger partial charge on any atom is -0.473 e. The van der Waals surface area contributed by atoms with Gasteiger partial charge in [-0.2, -0.15) is 0 Å². The molecule has 0 saturated heterocycles. The number of fused-ring (bicyclic) bond motifs is 1. The molecule has 0 spiro atoms. The number of anilines is 1. The molecule has 134 valence electrons. The van der Waals surface area contributed by atoms with Crippen LogP contribution in [-0.4, -0.2) is 44.1 Å². The monoisotopic (exact) mass is 357 g/mol. The van der Waals surface area contributed by atoms with Crippen molar-refractivity contribution < 1.29 is 18.8 Å². The molecule has 1 N–H and O–H groups in total. The molecule has 7 nitrogen and oxygen atoms in total. The van der Waals surface area contributed by atoms with Crippen LogP contribution in [0.25, 0.3) is 11.0 Å². The lowest BCUT2D eigenvalue weighted by molar-refractivity contribution is 0.0520. The first kappa shape index (κ1) is 19.9. The highest BCUT2D eigenvalue weighted by atomic mass is 35.5. The summed E-state index contributed by atoms with van der Waals surface area (Å²) in [5.74, 6) is 0.412. The van der Waals surface area contributed by atoms with E-state index in [0.717, 1.165) is 11.1 Å². The van der Waals surface area contributed by atoms with Crippen LogP contribution in [0.5, 0.6) is 5.88 Å². The summed E-state index contributed by atoms with van der Waals surface area (Å²) in [5.41, 5.74) is 1.17. The maximum Gasteiger partial charge on any atom is 0.407 e. The number of hydrogen-bond donors (Lipinski definition) is 1. The van der Waals surface area contributed by atoms with E-state index in [4.69, 9.17) is 14.0 Å². The molecule has 0 fully saturated rings. The number of hydrogen-bond acceptors (Lipinski definition) is 6. The summed E-state index contributed by atoms with van der Waals surface area (Å²) in [6, 6.07) is 5.74. The van der Waals surface area contributed by atoms with Gasteiger partial charge >= 0.3 is 6.09 Å². The molecule has 0 aliphatic carbocycles. The third kappa shape index (κ3) is 5.49. The van der Waals surface area contributed by atoms with Gasteiger partial charge in [-0.15, -0.1) is 12.4 Å². The number of alkyl carbamates (subject to hydrolysis) is 1. The molecule has 0 unspecified atom stereocenters. The molecule has 1 heterocycles. The number of ether oxygens (including phenoxy) is 2.